The molecule has 0 bridgehead atoms. The van der Waals surface area contributed by atoms with Crippen molar-refractivity contribution in [2.24, 2.45) is 5.92 Å². The minimum atomic E-state index is -3.38. The van der Waals surface area contributed by atoms with E-state index in [1.807, 2.05) is 6.92 Å². The molecule has 0 unspecified atom stereocenters. The van der Waals surface area contributed by atoms with Crippen LogP contribution in [0.2, 0.25) is 0 Å². The molecule has 1 N–H and O–H groups in total. The molecule has 0 amide bonds. The van der Waals surface area contributed by atoms with E-state index in [4.69, 9.17) is 4.74 Å². The van der Waals surface area contributed by atoms with Gasteiger partial charge in [-0.2, -0.15) is 0 Å². The molecule has 1 aromatic rings. The summed E-state index contributed by atoms with van der Waals surface area (Å²) in [5, 5.41) is 0. The van der Waals surface area contributed by atoms with Gasteiger partial charge in [0.2, 0.25) is 10.0 Å². The maximum atomic E-state index is 12.2. The van der Waals surface area contributed by atoms with E-state index in [1.54, 1.807) is 6.07 Å². The number of sulfonamides is 1. The van der Waals surface area contributed by atoms with E-state index >= 15 is 0 Å². The maximum absolute atomic E-state index is 12.2. The van der Waals surface area contributed by atoms with Gasteiger partial charge in [0.25, 0.3) is 0 Å². The average Bonchev–Trinajstić information content (AvgIpc) is 2.68. The van der Waals surface area contributed by atoms with Crippen LogP contribution in [0, 0.1) is 12.8 Å². The Kier molecular flexibility index (Phi) is 4.82. The van der Waals surface area contributed by atoms with Crippen molar-refractivity contribution in [1.29, 1.82) is 0 Å². The van der Waals surface area contributed by atoms with Crippen LogP contribution >= 0.6 is 27.3 Å². The fraction of sp³-hybridized carbons (Fsp3) is 0.636. The first-order valence-electron chi connectivity index (χ1n) is 5.82. The highest BCUT2D eigenvalue weighted by molar-refractivity contribution is 9.11. The number of ether oxygens (including phenoxy) is 1. The minimum Gasteiger partial charge on any atom is -0.381 e. The van der Waals surface area contributed by atoms with Crippen LogP contribution in [-0.2, 0) is 14.8 Å². The average molecular weight is 354 g/mol. The fourth-order valence-corrected chi connectivity index (χ4v) is 5.48. The molecule has 2 heterocycles. The zero-order valence-electron chi connectivity index (χ0n) is 10.1. The predicted molar refractivity (Wildman–Crippen MR) is 75.5 cm³/mol. The highest BCUT2D eigenvalue weighted by atomic mass is 79.9. The number of rotatable bonds is 4. The van der Waals surface area contributed by atoms with Gasteiger partial charge in [-0.15, -0.1) is 11.3 Å². The Bertz CT molecular complexity index is 506. The summed E-state index contributed by atoms with van der Waals surface area (Å²) < 4.78 is 33.1. The third-order valence-corrected chi connectivity index (χ3v) is 6.27. The molecular weight excluding hydrogens is 338 g/mol. The maximum Gasteiger partial charge on any atom is 0.241 e. The van der Waals surface area contributed by atoms with Crippen molar-refractivity contribution in [1.82, 2.24) is 4.72 Å². The van der Waals surface area contributed by atoms with Crippen molar-refractivity contribution in [2.45, 2.75) is 24.7 Å². The molecule has 1 aliphatic rings. The van der Waals surface area contributed by atoms with Crippen molar-refractivity contribution < 1.29 is 13.2 Å². The number of hydrogen-bond acceptors (Lipinski definition) is 4. The monoisotopic (exact) mass is 353 g/mol. The van der Waals surface area contributed by atoms with Crippen LogP contribution in [0.15, 0.2) is 14.7 Å². The molecule has 4 nitrogen and oxygen atoms in total. The second-order valence-corrected chi connectivity index (χ2v) is 8.75. The van der Waals surface area contributed by atoms with Crippen molar-refractivity contribution in [3.8, 4) is 0 Å². The zero-order valence-corrected chi connectivity index (χ0v) is 13.3. The van der Waals surface area contributed by atoms with Gasteiger partial charge in [0.1, 0.15) is 0 Å². The van der Waals surface area contributed by atoms with Gasteiger partial charge in [0.05, 0.1) is 8.68 Å². The molecule has 0 aliphatic carbocycles. The normalized spacial score (nSPS) is 18.1. The molecule has 1 saturated heterocycles. The van der Waals surface area contributed by atoms with Crippen LogP contribution in [-0.4, -0.2) is 28.2 Å². The van der Waals surface area contributed by atoms with E-state index in [2.05, 4.69) is 20.7 Å². The van der Waals surface area contributed by atoms with Crippen molar-refractivity contribution in [2.75, 3.05) is 19.8 Å². The molecule has 0 radical (unpaired) electrons. The summed E-state index contributed by atoms with van der Waals surface area (Å²) in [5.74, 6) is 0.385. The van der Waals surface area contributed by atoms with E-state index < -0.39 is 10.0 Å². The Morgan fingerprint density at radius 1 is 1.50 bits per heavy atom. The SMILES string of the molecule is Cc1sc(Br)cc1S(=O)(=O)NCC1CCOCC1. The largest absolute Gasteiger partial charge is 0.381 e. The first-order chi connectivity index (χ1) is 8.49. The first kappa shape index (κ1) is 14.5. The number of nitrogens with one attached hydrogen (secondary N) is 1. The van der Waals surface area contributed by atoms with E-state index in [-0.39, 0.29) is 0 Å². The summed E-state index contributed by atoms with van der Waals surface area (Å²) in [6.07, 6.45) is 1.85. The molecule has 0 atom stereocenters. The van der Waals surface area contributed by atoms with E-state index in [0.717, 1.165) is 34.7 Å². The summed E-state index contributed by atoms with van der Waals surface area (Å²) in [6.45, 7) is 3.78. The summed E-state index contributed by atoms with van der Waals surface area (Å²) >= 11 is 4.75. The van der Waals surface area contributed by atoms with Crippen LogP contribution in [0.5, 0.6) is 0 Å². The minimum absolute atomic E-state index is 0.381. The summed E-state index contributed by atoms with van der Waals surface area (Å²) in [5.41, 5.74) is 0. The van der Waals surface area contributed by atoms with Gasteiger partial charge in [0.15, 0.2) is 0 Å². The van der Waals surface area contributed by atoms with Gasteiger partial charge in [-0.3, -0.25) is 0 Å². The Labute approximate surface area is 120 Å². The second-order valence-electron chi connectivity index (χ2n) is 4.38. The number of aryl methyl sites for hydroxylation is 1. The fourth-order valence-electron chi connectivity index (χ4n) is 1.95. The van der Waals surface area contributed by atoms with E-state index in [9.17, 15) is 8.42 Å². The molecule has 1 aliphatic heterocycles. The van der Waals surface area contributed by atoms with Crippen LogP contribution in [0.25, 0.3) is 0 Å². The van der Waals surface area contributed by atoms with Crippen LogP contribution in [0.4, 0.5) is 0 Å². The smallest absolute Gasteiger partial charge is 0.241 e. The highest BCUT2D eigenvalue weighted by Gasteiger charge is 2.22. The molecule has 0 spiro atoms. The highest BCUT2D eigenvalue weighted by Crippen LogP contribution is 2.29. The van der Waals surface area contributed by atoms with Crippen LogP contribution in [0.3, 0.4) is 0 Å². The zero-order chi connectivity index (χ0) is 13.2. The number of thiophene rings is 1. The standard InChI is InChI=1S/C11H16BrNO3S2/c1-8-10(6-11(12)17-8)18(14,15)13-7-9-2-4-16-5-3-9/h6,9,13H,2-5,7H2,1H3. The third kappa shape index (κ3) is 3.54. The quantitative estimate of drug-likeness (QED) is 0.904. The molecule has 0 saturated carbocycles. The van der Waals surface area contributed by atoms with Gasteiger partial charge in [-0.1, -0.05) is 0 Å². The Morgan fingerprint density at radius 2 is 2.17 bits per heavy atom. The molecule has 1 fully saturated rings. The summed E-state index contributed by atoms with van der Waals surface area (Å²) in [4.78, 5) is 1.19. The van der Waals surface area contributed by atoms with Gasteiger partial charge >= 0.3 is 0 Å². The van der Waals surface area contributed by atoms with Gasteiger partial charge in [-0.25, -0.2) is 13.1 Å². The number of hydrogen-bond donors (Lipinski definition) is 1. The van der Waals surface area contributed by atoms with Crippen LogP contribution < -0.4 is 4.72 Å². The third-order valence-electron chi connectivity index (χ3n) is 3.03. The molecule has 0 aromatic carbocycles. The predicted octanol–water partition coefficient (Wildman–Crippen LogP) is 2.52. The lowest BCUT2D eigenvalue weighted by Crippen LogP contribution is -2.32. The van der Waals surface area contributed by atoms with Crippen molar-refractivity contribution in [3.63, 3.8) is 0 Å². The summed E-state index contributed by atoms with van der Waals surface area (Å²) in [7, 11) is -3.38. The summed E-state index contributed by atoms with van der Waals surface area (Å²) in [6, 6.07) is 1.66. The Hall–Kier alpha value is 0.0500. The lowest BCUT2D eigenvalue weighted by molar-refractivity contribution is 0.0678. The lowest BCUT2D eigenvalue weighted by atomic mass is 10.0. The molecule has 7 heteroatoms. The number of halogens is 1. The molecule has 102 valence electrons. The van der Waals surface area contributed by atoms with E-state index in [1.165, 1.54) is 11.3 Å². The second kappa shape index (κ2) is 6.00. The van der Waals surface area contributed by atoms with Crippen molar-refractivity contribution in [3.05, 3.63) is 14.7 Å². The van der Waals surface area contributed by atoms with E-state index in [0.29, 0.717) is 17.4 Å². The molecule has 18 heavy (non-hydrogen) atoms. The molecule has 2 rings (SSSR count). The Balaban J connectivity index is 2.01. The lowest BCUT2D eigenvalue weighted by Gasteiger charge is -2.22. The Morgan fingerprint density at radius 3 is 2.72 bits per heavy atom. The van der Waals surface area contributed by atoms with Gasteiger partial charge in [0, 0.05) is 24.6 Å². The topological polar surface area (TPSA) is 55.4 Å². The molecule has 1 aromatic heterocycles. The van der Waals surface area contributed by atoms with Crippen molar-refractivity contribution >= 4 is 37.3 Å². The van der Waals surface area contributed by atoms with Gasteiger partial charge < -0.3 is 4.74 Å². The van der Waals surface area contributed by atoms with Crippen LogP contribution in [0.1, 0.15) is 17.7 Å². The molecular formula is C11H16BrNO3S2. The van der Waals surface area contributed by atoms with Gasteiger partial charge in [-0.05, 0) is 47.7 Å². The first-order valence-corrected chi connectivity index (χ1v) is 8.91.